The van der Waals surface area contributed by atoms with Crippen molar-refractivity contribution in [3.63, 3.8) is 0 Å². The average molecular weight is 411 g/mol. The van der Waals surface area contributed by atoms with Crippen molar-refractivity contribution in [3.8, 4) is 11.5 Å². The number of aromatic nitrogens is 1. The molecular formula is C22H24N3O3S+. The maximum absolute atomic E-state index is 12.7. The molecule has 0 bridgehead atoms. The van der Waals surface area contributed by atoms with Crippen molar-refractivity contribution < 1.29 is 19.2 Å². The number of fused-ring (bicyclic) bond motifs is 2. The van der Waals surface area contributed by atoms with Gasteiger partial charge in [-0.05, 0) is 42.7 Å². The van der Waals surface area contributed by atoms with Crippen LogP contribution in [0.3, 0.4) is 0 Å². The first kappa shape index (κ1) is 18.4. The molecule has 6 nitrogen and oxygen atoms in total. The molecule has 2 N–H and O–H groups in total. The number of amides is 1. The van der Waals surface area contributed by atoms with E-state index in [0.717, 1.165) is 47.0 Å². The molecule has 0 saturated carbocycles. The number of benzene rings is 2. The van der Waals surface area contributed by atoms with Gasteiger partial charge in [-0.1, -0.05) is 18.2 Å². The highest BCUT2D eigenvalue weighted by Gasteiger charge is 2.31. The van der Waals surface area contributed by atoms with E-state index in [1.807, 2.05) is 24.3 Å². The van der Waals surface area contributed by atoms with E-state index in [2.05, 4.69) is 23.5 Å². The van der Waals surface area contributed by atoms with Crippen LogP contribution in [-0.2, 0) is 11.3 Å². The average Bonchev–Trinajstić information content (AvgIpc) is 3.39. The maximum atomic E-state index is 12.7. The highest BCUT2D eigenvalue weighted by molar-refractivity contribution is 7.18. The van der Waals surface area contributed by atoms with E-state index in [4.69, 9.17) is 14.5 Å². The molecule has 0 radical (unpaired) electrons. The quantitative estimate of drug-likeness (QED) is 0.678. The Morgan fingerprint density at radius 1 is 1.17 bits per heavy atom. The fourth-order valence-corrected chi connectivity index (χ4v) is 5.31. The zero-order valence-electron chi connectivity index (χ0n) is 16.1. The predicted molar refractivity (Wildman–Crippen MR) is 111 cm³/mol. The van der Waals surface area contributed by atoms with Gasteiger partial charge in [0.05, 0.1) is 16.8 Å². The second-order valence-corrected chi connectivity index (χ2v) is 8.68. The van der Waals surface area contributed by atoms with Gasteiger partial charge in [0, 0.05) is 13.0 Å². The minimum Gasteiger partial charge on any atom is -0.454 e. The number of likely N-dealkylation sites (tertiary alicyclic amines) is 1. The predicted octanol–water partition coefficient (Wildman–Crippen LogP) is 2.45. The Morgan fingerprint density at radius 3 is 3.00 bits per heavy atom. The van der Waals surface area contributed by atoms with Crippen molar-refractivity contribution in [1.82, 2.24) is 10.3 Å². The largest absolute Gasteiger partial charge is 0.454 e. The number of nitrogens with zero attached hydrogens (tertiary/aromatic N) is 1. The Bertz CT molecular complexity index is 1000. The first-order valence-electron chi connectivity index (χ1n) is 10.1. The van der Waals surface area contributed by atoms with Gasteiger partial charge >= 0.3 is 0 Å². The Kier molecular flexibility index (Phi) is 5.08. The number of piperidine rings is 1. The summed E-state index contributed by atoms with van der Waals surface area (Å²) in [6.45, 7) is 2.24. The minimum absolute atomic E-state index is 0.0747. The smallest absolute Gasteiger partial charge is 0.275 e. The van der Waals surface area contributed by atoms with Crippen molar-refractivity contribution in [2.24, 2.45) is 0 Å². The molecule has 3 aromatic rings. The summed E-state index contributed by atoms with van der Waals surface area (Å²) in [5.41, 5.74) is 2.07. The first-order valence-corrected chi connectivity index (χ1v) is 10.9. The molecule has 1 unspecified atom stereocenters. The highest BCUT2D eigenvalue weighted by Crippen LogP contribution is 2.32. The monoisotopic (exact) mass is 410 g/mol. The Hall–Kier alpha value is -2.64. The van der Waals surface area contributed by atoms with Crippen LogP contribution in [-0.4, -0.2) is 30.8 Å². The van der Waals surface area contributed by atoms with E-state index < -0.39 is 0 Å². The summed E-state index contributed by atoms with van der Waals surface area (Å²) in [5, 5.41) is 4.22. The lowest BCUT2D eigenvalue weighted by Crippen LogP contribution is -3.14. The molecule has 1 amide bonds. The molecule has 1 fully saturated rings. The molecule has 1 aromatic heterocycles. The van der Waals surface area contributed by atoms with Crippen LogP contribution in [0, 0.1) is 0 Å². The number of hydrogen-bond donors (Lipinski definition) is 2. The van der Waals surface area contributed by atoms with Crippen LogP contribution in [0.1, 0.15) is 35.9 Å². The van der Waals surface area contributed by atoms with E-state index in [0.29, 0.717) is 19.1 Å². The number of carbonyl (C=O) groups excluding carboxylic acids is 1. The number of rotatable bonds is 5. The van der Waals surface area contributed by atoms with Crippen molar-refractivity contribution in [2.45, 2.75) is 31.8 Å². The van der Waals surface area contributed by atoms with Crippen molar-refractivity contribution in [2.75, 3.05) is 19.9 Å². The Balaban J connectivity index is 1.23. The van der Waals surface area contributed by atoms with Gasteiger partial charge in [-0.15, -0.1) is 11.3 Å². The van der Waals surface area contributed by atoms with Crippen LogP contribution in [0.25, 0.3) is 10.2 Å². The zero-order chi connectivity index (χ0) is 19.6. The third kappa shape index (κ3) is 3.93. The number of carbonyl (C=O) groups is 1. The molecule has 29 heavy (non-hydrogen) atoms. The van der Waals surface area contributed by atoms with Crippen LogP contribution in [0.15, 0.2) is 42.5 Å². The maximum Gasteiger partial charge on any atom is 0.275 e. The highest BCUT2D eigenvalue weighted by atomic mass is 32.1. The molecule has 3 heterocycles. The summed E-state index contributed by atoms with van der Waals surface area (Å²) in [4.78, 5) is 18.8. The number of nitrogens with one attached hydrogen (secondary N) is 2. The second kappa shape index (κ2) is 8.00. The summed E-state index contributed by atoms with van der Waals surface area (Å²) in [6, 6.07) is 14.4. The molecule has 7 heteroatoms. The fourth-order valence-electron chi connectivity index (χ4n) is 4.15. The van der Waals surface area contributed by atoms with Crippen LogP contribution in [0.4, 0.5) is 0 Å². The third-order valence-electron chi connectivity index (χ3n) is 5.66. The lowest BCUT2D eigenvalue weighted by Gasteiger charge is -2.30. The van der Waals surface area contributed by atoms with E-state index >= 15 is 0 Å². The van der Waals surface area contributed by atoms with Crippen molar-refractivity contribution >= 4 is 27.5 Å². The molecule has 0 aliphatic carbocycles. The summed E-state index contributed by atoms with van der Waals surface area (Å²) >= 11 is 1.77. The lowest BCUT2D eigenvalue weighted by molar-refractivity contribution is -0.929. The van der Waals surface area contributed by atoms with E-state index in [1.54, 1.807) is 11.3 Å². The van der Waals surface area contributed by atoms with Gasteiger partial charge in [-0.2, -0.15) is 0 Å². The molecule has 2 aromatic carbocycles. The summed E-state index contributed by atoms with van der Waals surface area (Å²) < 4.78 is 12.0. The molecule has 150 valence electrons. The number of para-hydroxylation sites is 1. The van der Waals surface area contributed by atoms with Gasteiger partial charge in [0.15, 0.2) is 23.1 Å². The van der Waals surface area contributed by atoms with E-state index in [9.17, 15) is 4.79 Å². The summed E-state index contributed by atoms with van der Waals surface area (Å²) in [5.74, 6) is 1.58. The normalized spacial score (nSPS) is 20.7. The Morgan fingerprint density at radius 2 is 2.07 bits per heavy atom. The first-order chi connectivity index (χ1) is 14.3. The zero-order valence-corrected chi connectivity index (χ0v) is 17.0. The molecule has 2 aliphatic heterocycles. The molecular weight excluding hydrogens is 386 g/mol. The minimum atomic E-state index is 0.0747. The van der Waals surface area contributed by atoms with Crippen LogP contribution < -0.4 is 19.7 Å². The molecule has 5 rings (SSSR count). The van der Waals surface area contributed by atoms with Gasteiger partial charge in [0.1, 0.15) is 6.04 Å². The number of ether oxygens (including phenoxy) is 2. The van der Waals surface area contributed by atoms with Gasteiger partial charge in [-0.25, -0.2) is 4.98 Å². The van der Waals surface area contributed by atoms with E-state index in [-0.39, 0.29) is 12.7 Å². The summed E-state index contributed by atoms with van der Waals surface area (Å²) in [6.07, 6.45) is 3.44. The van der Waals surface area contributed by atoms with E-state index in [1.165, 1.54) is 16.0 Å². The third-order valence-corrected chi connectivity index (χ3v) is 6.81. The van der Waals surface area contributed by atoms with Crippen LogP contribution >= 0.6 is 11.3 Å². The van der Waals surface area contributed by atoms with Crippen molar-refractivity contribution in [1.29, 1.82) is 0 Å². The van der Waals surface area contributed by atoms with Crippen LogP contribution in [0.5, 0.6) is 11.5 Å². The fraction of sp³-hybridized carbons (Fsp3) is 0.364. The van der Waals surface area contributed by atoms with Gasteiger partial charge in [0.25, 0.3) is 5.91 Å². The number of hydrogen-bond acceptors (Lipinski definition) is 5. The molecule has 1 saturated heterocycles. The summed E-state index contributed by atoms with van der Waals surface area (Å²) in [7, 11) is 0. The lowest BCUT2D eigenvalue weighted by atomic mass is 10.0. The Labute approximate surface area is 173 Å². The SMILES string of the molecule is O=C(C[NH+]1CCCC[C@@H]1c1nc2ccccc2s1)NCc1ccc2c(c1)OCO2. The standard InChI is InChI=1S/C22H23N3O3S/c26-21(23-12-15-8-9-18-19(11-15)28-14-27-18)13-25-10-4-3-6-17(25)22-24-16-5-1-2-7-20(16)29-22/h1-2,5,7-9,11,17H,3-4,6,10,12-14H2,(H,23,26)/p+1/t17-/m1/s1. The van der Waals surface area contributed by atoms with Crippen LogP contribution in [0.2, 0.25) is 0 Å². The second-order valence-electron chi connectivity index (χ2n) is 7.62. The molecule has 0 spiro atoms. The van der Waals surface area contributed by atoms with Crippen molar-refractivity contribution in [3.05, 3.63) is 53.0 Å². The molecule has 2 atom stereocenters. The van der Waals surface area contributed by atoms with Gasteiger partial charge < -0.3 is 19.7 Å². The number of quaternary nitrogens is 1. The number of thiazole rings is 1. The van der Waals surface area contributed by atoms with Gasteiger partial charge in [-0.3, -0.25) is 4.79 Å². The molecule has 2 aliphatic rings. The topological polar surface area (TPSA) is 64.9 Å². The van der Waals surface area contributed by atoms with Gasteiger partial charge in [0.2, 0.25) is 6.79 Å².